The van der Waals surface area contributed by atoms with Gasteiger partial charge in [0.2, 0.25) is 0 Å². The number of hydrogen-bond donors (Lipinski definition) is 1. The van der Waals surface area contributed by atoms with Crippen molar-refractivity contribution >= 4 is 17.1 Å². The molecule has 134 valence electrons. The first kappa shape index (κ1) is 16.7. The van der Waals surface area contributed by atoms with Crippen LogP contribution in [0.1, 0.15) is 16.1 Å². The predicted molar refractivity (Wildman–Crippen MR) is 100 cm³/mol. The maximum Gasteiger partial charge on any atom is 0.278 e. The normalized spacial score (nSPS) is 10.9. The van der Waals surface area contributed by atoms with Gasteiger partial charge in [-0.3, -0.25) is 14.2 Å². The second-order valence-corrected chi connectivity index (χ2v) is 6.01. The van der Waals surface area contributed by atoms with Crippen molar-refractivity contribution in [2.45, 2.75) is 6.54 Å². The van der Waals surface area contributed by atoms with Crippen molar-refractivity contribution in [2.24, 2.45) is 7.05 Å². The van der Waals surface area contributed by atoms with Crippen molar-refractivity contribution in [1.29, 1.82) is 0 Å². The van der Waals surface area contributed by atoms with Gasteiger partial charge in [-0.25, -0.2) is 9.97 Å². The molecule has 0 aliphatic heterocycles. The second kappa shape index (κ2) is 6.87. The summed E-state index contributed by atoms with van der Waals surface area (Å²) in [7, 11) is 1.67. The predicted octanol–water partition coefficient (Wildman–Crippen LogP) is 2.52. The van der Waals surface area contributed by atoms with Crippen molar-refractivity contribution in [3.05, 3.63) is 82.7 Å². The fraction of sp³-hybridized carbons (Fsp3) is 0.100. The Balaban J connectivity index is 1.61. The average Bonchev–Trinajstić information content (AvgIpc) is 3.23. The number of furan rings is 1. The van der Waals surface area contributed by atoms with Crippen LogP contribution < -0.4 is 10.9 Å². The van der Waals surface area contributed by atoms with Crippen LogP contribution in [0.25, 0.3) is 22.4 Å². The zero-order valence-electron chi connectivity index (χ0n) is 14.5. The lowest BCUT2D eigenvalue weighted by Crippen LogP contribution is -2.23. The number of carbonyl (C=O) groups is 1. The molecular weight excluding hydrogens is 344 g/mol. The quantitative estimate of drug-likeness (QED) is 0.604. The minimum atomic E-state index is -0.240. The molecule has 0 atom stereocenters. The van der Waals surface area contributed by atoms with Gasteiger partial charge in [0.1, 0.15) is 17.0 Å². The number of carbonyl (C=O) groups excluding carboxylic acids is 1. The van der Waals surface area contributed by atoms with Crippen LogP contribution in [0.3, 0.4) is 0 Å². The summed E-state index contributed by atoms with van der Waals surface area (Å²) < 4.78 is 6.66. The van der Waals surface area contributed by atoms with E-state index < -0.39 is 0 Å². The number of hydrogen-bond acceptors (Lipinski definition) is 5. The molecule has 0 bridgehead atoms. The molecule has 1 amide bonds. The summed E-state index contributed by atoms with van der Waals surface area (Å²) in [5.41, 5.74) is 2.38. The summed E-state index contributed by atoms with van der Waals surface area (Å²) in [6.45, 7) is 0.313. The fourth-order valence-electron chi connectivity index (χ4n) is 2.81. The maximum atomic E-state index is 12.6. The number of nitrogens with zero attached hydrogens (tertiary/aromatic N) is 3. The third kappa shape index (κ3) is 3.22. The highest BCUT2D eigenvalue weighted by Gasteiger charge is 2.12. The third-order valence-electron chi connectivity index (χ3n) is 4.25. The molecule has 27 heavy (non-hydrogen) atoms. The molecule has 1 N–H and O–H groups in total. The number of nitrogens with one attached hydrogen (secondary N) is 1. The second-order valence-electron chi connectivity index (χ2n) is 6.01. The number of aryl methyl sites for hydroxylation is 1. The van der Waals surface area contributed by atoms with E-state index in [4.69, 9.17) is 4.42 Å². The lowest BCUT2D eigenvalue weighted by atomic mass is 10.1. The molecule has 3 heterocycles. The molecule has 0 fully saturated rings. The summed E-state index contributed by atoms with van der Waals surface area (Å²) >= 11 is 0. The maximum absolute atomic E-state index is 12.6. The topological polar surface area (TPSA) is 90.0 Å². The molecule has 0 saturated carbocycles. The Morgan fingerprint density at radius 1 is 1.15 bits per heavy atom. The van der Waals surface area contributed by atoms with Crippen LogP contribution in [0.4, 0.5) is 0 Å². The van der Waals surface area contributed by atoms with Gasteiger partial charge < -0.3 is 9.73 Å². The van der Waals surface area contributed by atoms with Crippen LogP contribution in [0.15, 0.2) is 70.2 Å². The van der Waals surface area contributed by atoms with E-state index >= 15 is 0 Å². The van der Waals surface area contributed by atoms with Crippen molar-refractivity contribution in [1.82, 2.24) is 19.9 Å². The number of aromatic nitrogens is 3. The summed E-state index contributed by atoms with van der Waals surface area (Å²) in [6.07, 6.45) is 3.18. The van der Waals surface area contributed by atoms with Gasteiger partial charge in [0.25, 0.3) is 11.5 Å². The largest absolute Gasteiger partial charge is 0.467 e. The zero-order chi connectivity index (χ0) is 18.8. The molecular formula is C20H16N4O3. The Morgan fingerprint density at radius 3 is 2.70 bits per heavy atom. The zero-order valence-corrected chi connectivity index (χ0v) is 14.5. The van der Waals surface area contributed by atoms with Crippen molar-refractivity contribution in [3.8, 4) is 11.3 Å². The molecule has 0 unspecified atom stereocenters. The average molecular weight is 360 g/mol. The first-order chi connectivity index (χ1) is 13.1. The third-order valence-corrected chi connectivity index (χ3v) is 4.25. The number of pyridine rings is 1. The van der Waals surface area contributed by atoms with E-state index in [1.807, 2.05) is 6.07 Å². The monoisotopic (exact) mass is 360 g/mol. The molecule has 0 spiro atoms. The molecule has 4 aromatic rings. The van der Waals surface area contributed by atoms with E-state index in [9.17, 15) is 9.59 Å². The summed E-state index contributed by atoms with van der Waals surface area (Å²) in [6, 6.07) is 13.9. The highest BCUT2D eigenvalue weighted by molar-refractivity contribution is 5.94. The van der Waals surface area contributed by atoms with Crippen molar-refractivity contribution < 1.29 is 9.21 Å². The Bertz CT molecular complexity index is 1160. The van der Waals surface area contributed by atoms with Crippen LogP contribution in [-0.4, -0.2) is 20.4 Å². The first-order valence-corrected chi connectivity index (χ1v) is 8.36. The van der Waals surface area contributed by atoms with Crippen LogP contribution in [0.2, 0.25) is 0 Å². The van der Waals surface area contributed by atoms with E-state index in [1.165, 1.54) is 4.57 Å². The SMILES string of the molecule is Cn1c(=O)c(-c2ccc(C(=O)NCc3ccco3)cc2)nc2cccnc21. The van der Waals surface area contributed by atoms with E-state index in [1.54, 1.807) is 62.0 Å². The van der Waals surface area contributed by atoms with Crippen LogP contribution in [0, 0.1) is 0 Å². The molecule has 4 rings (SSSR count). The Kier molecular flexibility index (Phi) is 4.25. The highest BCUT2D eigenvalue weighted by Crippen LogP contribution is 2.17. The van der Waals surface area contributed by atoms with Crippen LogP contribution in [-0.2, 0) is 13.6 Å². The molecule has 0 aliphatic carbocycles. The van der Waals surface area contributed by atoms with Crippen molar-refractivity contribution in [2.75, 3.05) is 0 Å². The van der Waals surface area contributed by atoms with Gasteiger partial charge in [0.05, 0.1) is 12.8 Å². The summed E-state index contributed by atoms with van der Waals surface area (Å²) in [5.74, 6) is 0.457. The van der Waals surface area contributed by atoms with Gasteiger partial charge in [-0.15, -0.1) is 0 Å². The fourth-order valence-corrected chi connectivity index (χ4v) is 2.81. The summed E-state index contributed by atoms with van der Waals surface area (Å²) in [5, 5.41) is 2.78. The number of rotatable bonds is 4. The lowest BCUT2D eigenvalue weighted by molar-refractivity contribution is 0.0948. The number of amides is 1. The van der Waals surface area contributed by atoms with Crippen LogP contribution in [0.5, 0.6) is 0 Å². The molecule has 0 radical (unpaired) electrons. The number of fused-ring (bicyclic) bond motifs is 1. The van der Waals surface area contributed by atoms with E-state index in [2.05, 4.69) is 15.3 Å². The van der Waals surface area contributed by atoms with Gasteiger partial charge in [-0.05, 0) is 36.4 Å². The van der Waals surface area contributed by atoms with Gasteiger partial charge in [-0.2, -0.15) is 0 Å². The van der Waals surface area contributed by atoms with Gasteiger partial charge in [0.15, 0.2) is 5.65 Å². The Hall–Kier alpha value is -3.74. The molecule has 7 nitrogen and oxygen atoms in total. The standard InChI is InChI=1S/C20H16N4O3/c1-24-18-16(5-2-10-21-18)23-17(20(24)26)13-6-8-14(9-7-13)19(25)22-12-15-4-3-11-27-15/h2-11H,12H2,1H3,(H,22,25). The molecule has 0 saturated heterocycles. The van der Waals surface area contributed by atoms with Crippen molar-refractivity contribution in [3.63, 3.8) is 0 Å². The lowest BCUT2D eigenvalue weighted by Gasteiger charge is -2.08. The highest BCUT2D eigenvalue weighted by atomic mass is 16.3. The smallest absolute Gasteiger partial charge is 0.278 e. The van der Waals surface area contributed by atoms with Gasteiger partial charge in [0, 0.05) is 24.4 Å². The van der Waals surface area contributed by atoms with Gasteiger partial charge in [-0.1, -0.05) is 12.1 Å². The van der Waals surface area contributed by atoms with Gasteiger partial charge >= 0.3 is 0 Å². The molecule has 7 heteroatoms. The van der Waals surface area contributed by atoms with E-state index in [0.29, 0.717) is 40.3 Å². The van der Waals surface area contributed by atoms with E-state index in [-0.39, 0.29) is 11.5 Å². The Labute approximate surface area is 154 Å². The summed E-state index contributed by atoms with van der Waals surface area (Å²) in [4.78, 5) is 33.5. The molecule has 0 aliphatic rings. The van der Waals surface area contributed by atoms with E-state index in [0.717, 1.165) is 0 Å². The Morgan fingerprint density at radius 2 is 1.96 bits per heavy atom. The first-order valence-electron chi connectivity index (χ1n) is 8.36. The van der Waals surface area contributed by atoms with Crippen LogP contribution >= 0.6 is 0 Å². The number of benzene rings is 1. The minimum Gasteiger partial charge on any atom is -0.467 e. The minimum absolute atomic E-state index is 0.221. The molecule has 3 aromatic heterocycles. The molecule has 1 aromatic carbocycles.